The normalized spacial score (nSPS) is 35.8. The number of ether oxygens (including phenoxy) is 1. The Morgan fingerprint density at radius 3 is 2.76 bits per heavy atom. The molecule has 7 nitrogen and oxygen atoms in total. The standard InChI is InChI=1S/C32H39ClFN3O4/c1-18-7-6-10-24(19(18)2)36-30(39)28-32-15-13-25(41-32)26(29(38)35-21-11-12-23(34)22(33)17-21)27(32)31(40)37(28)16-14-20-8-4-3-5-9-20/h8,11-13,15,17-19,24-28H,3-7,9-10,14,16H2,1-2H3,(H,35,38)(H,36,39)/t18-,19+,24+,25+,26+,27+,28+,32+/m1/s1. The first-order valence-corrected chi connectivity index (χ1v) is 15.5. The molecule has 2 bridgehead atoms. The zero-order valence-corrected chi connectivity index (χ0v) is 24.5. The Balaban J connectivity index is 1.28. The Labute approximate surface area is 245 Å². The minimum Gasteiger partial charge on any atom is -0.359 e. The number of halogens is 2. The number of nitrogens with zero attached hydrogens (tertiary/aromatic N) is 1. The van der Waals surface area contributed by atoms with Crippen LogP contribution in [0.2, 0.25) is 5.02 Å². The number of hydrogen-bond acceptors (Lipinski definition) is 4. The third-order valence-corrected chi connectivity index (χ3v) is 10.5. The second kappa shape index (κ2) is 11.2. The number of fused-ring (bicyclic) bond motifs is 1. The van der Waals surface area contributed by atoms with Crippen molar-refractivity contribution in [2.24, 2.45) is 23.7 Å². The van der Waals surface area contributed by atoms with Gasteiger partial charge in [-0.15, -0.1) is 0 Å². The molecule has 1 aromatic carbocycles. The van der Waals surface area contributed by atoms with Gasteiger partial charge in [0.05, 0.1) is 23.0 Å². The fourth-order valence-corrected chi connectivity index (χ4v) is 7.93. The Morgan fingerprint density at radius 2 is 2.00 bits per heavy atom. The highest BCUT2D eigenvalue weighted by Gasteiger charge is 2.72. The molecule has 220 valence electrons. The molecule has 9 heteroatoms. The molecule has 3 amide bonds. The van der Waals surface area contributed by atoms with Gasteiger partial charge in [-0.1, -0.05) is 62.1 Å². The quantitative estimate of drug-likeness (QED) is 0.421. The van der Waals surface area contributed by atoms with Crippen LogP contribution in [0.4, 0.5) is 10.1 Å². The van der Waals surface area contributed by atoms with Gasteiger partial charge in [-0.05, 0) is 68.6 Å². The molecule has 41 heavy (non-hydrogen) atoms. The number of anilines is 1. The van der Waals surface area contributed by atoms with Crippen molar-refractivity contribution in [3.8, 4) is 0 Å². The fourth-order valence-electron chi connectivity index (χ4n) is 7.75. The van der Waals surface area contributed by atoms with E-state index in [1.165, 1.54) is 30.2 Å². The summed E-state index contributed by atoms with van der Waals surface area (Å²) in [6.07, 6.45) is 13.5. The number of hydrogen-bond donors (Lipinski definition) is 2. The van der Waals surface area contributed by atoms with E-state index in [1.54, 1.807) is 4.90 Å². The minimum absolute atomic E-state index is 0.0320. The summed E-state index contributed by atoms with van der Waals surface area (Å²) < 4.78 is 20.2. The molecule has 2 saturated heterocycles. The molecule has 3 fully saturated rings. The van der Waals surface area contributed by atoms with Gasteiger partial charge in [0, 0.05) is 18.3 Å². The lowest BCUT2D eigenvalue weighted by molar-refractivity contribution is -0.141. The summed E-state index contributed by atoms with van der Waals surface area (Å²) in [7, 11) is 0. The largest absolute Gasteiger partial charge is 0.359 e. The van der Waals surface area contributed by atoms with Crippen molar-refractivity contribution in [1.29, 1.82) is 0 Å². The summed E-state index contributed by atoms with van der Waals surface area (Å²) in [5.41, 5.74) is 0.442. The lowest BCUT2D eigenvalue weighted by Crippen LogP contribution is -2.58. The van der Waals surface area contributed by atoms with Crippen LogP contribution in [-0.4, -0.2) is 53.0 Å². The first-order chi connectivity index (χ1) is 19.7. The number of likely N-dealkylation sites (tertiary alicyclic amines) is 1. The molecule has 1 aromatic rings. The van der Waals surface area contributed by atoms with E-state index in [4.69, 9.17) is 16.3 Å². The molecule has 0 aromatic heterocycles. The molecule has 8 atom stereocenters. The van der Waals surface area contributed by atoms with Gasteiger partial charge in [0.1, 0.15) is 17.5 Å². The number of rotatable bonds is 7. The number of nitrogens with one attached hydrogen (secondary N) is 2. The SMILES string of the molecule is C[C@H]1[C@H](C)CCC[C@@H]1NC(=O)[C@@H]1N(CCC2=CCCCC2)C(=O)[C@@H]2[C@@H](C(=O)Nc3ccc(F)c(Cl)c3)[C@@H]3C=C[C@]21O3. The molecule has 1 spiro atoms. The molecule has 2 aliphatic carbocycles. The average molecular weight is 584 g/mol. The fraction of sp³-hybridized carbons (Fsp3) is 0.594. The van der Waals surface area contributed by atoms with Gasteiger partial charge in [0.25, 0.3) is 0 Å². The summed E-state index contributed by atoms with van der Waals surface area (Å²) in [5, 5.41) is 6.00. The Morgan fingerprint density at radius 1 is 1.17 bits per heavy atom. The number of carbonyl (C=O) groups is 3. The van der Waals surface area contributed by atoms with Crippen molar-refractivity contribution in [3.63, 3.8) is 0 Å². The van der Waals surface area contributed by atoms with Crippen LogP contribution < -0.4 is 10.6 Å². The highest BCUT2D eigenvalue weighted by Crippen LogP contribution is 2.55. The Bertz CT molecular complexity index is 1300. The highest BCUT2D eigenvalue weighted by molar-refractivity contribution is 6.31. The predicted octanol–water partition coefficient (Wildman–Crippen LogP) is 5.40. The molecule has 3 aliphatic heterocycles. The molecule has 2 N–H and O–H groups in total. The van der Waals surface area contributed by atoms with Gasteiger partial charge in [-0.3, -0.25) is 14.4 Å². The van der Waals surface area contributed by atoms with Crippen molar-refractivity contribution < 1.29 is 23.5 Å². The van der Waals surface area contributed by atoms with Crippen molar-refractivity contribution in [2.45, 2.75) is 89.0 Å². The molecular formula is C32H39ClFN3O4. The third-order valence-electron chi connectivity index (χ3n) is 10.2. The maximum Gasteiger partial charge on any atom is 0.246 e. The highest BCUT2D eigenvalue weighted by atomic mass is 35.5. The molecular weight excluding hydrogens is 545 g/mol. The van der Waals surface area contributed by atoms with E-state index in [9.17, 15) is 18.8 Å². The second-order valence-corrected chi connectivity index (χ2v) is 13.0. The zero-order chi connectivity index (χ0) is 28.9. The molecule has 1 saturated carbocycles. The van der Waals surface area contributed by atoms with Gasteiger partial charge >= 0.3 is 0 Å². The van der Waals surface area contributed by atoms with Crippen LogP contribution in [0.5, 0.6) is 0 Å². The lowest BCUT2D eigenvalue weighted by Gasteiger charge is -2.38. The second-order valence-electron chi connectivity index (χ2n) is 12.6. The molecule has 6 rings (SSSR count). The van der Waals surface area contributed by atoms with Crippen molar-refractivity contribution in [2.75, 3.05) is 11.9 Å². The van der Waals surface area contributed by atoms with E-state index in [0.717, 1.165) is 38.5 Å². The third kappa shape index (κ3) is 5.01. The van der Waals surface area contributed by atoms with E-state index in [2.05, 4.69) is 30.6 Å². The van der Waals surface area contributed by atoms with Crippen LogP contribution in [0.25, 0.3) is 0 Å². The van der Waals surface area contributed by atoms with E-state index < -0.39 is 41.3 Å². The topological polar surface area (TPSA) is 87.7 Å². The average Bonchev–Trinajstić information content (AvgIpc) is 3.60. The summed E-state index contributed by atoms with van der Waals surface area (Å²) in [6.45, 7) is 4.81. The molecule has 0 radical (unpaired) electrons. The van der Waals surface area contributed by atoms with Crippen LogP contribution >= 0.6 is 11.6 Å². The number of carbonyl (C=O) groups excluding carboxylic acids is 3. The van der Waals surface area contributed by atoms with Crippen molar-refractivity contribution in [3.05, 3.63) is 52.8 Å². The van der Waals surface area contributed by atoms with Gasteiger partial charge in [0.2, 0.25) is 17.7 Å². The summed E-state index contributed by atoms with van der Waals surface area (Å²) in [4.78, 5) is 43.6. The Hall–Kier alpha value is -2.71. The smallest absolute Gasteiger partial charge is 0.246 e. The molecule has 5 aliphatic rings. The summed E-state index contributed by atoms with van der Waals surface area (Å²) in [6, 6.07) is 3.14. The minimum atomic E-state index is -1.21. The van der Waals surface area contributed by atoms with Gasteiger partial charge in [-0.2, -0.15) is 0 Å². The zero-order valence-electron chi connectivity index (χ0n) is 23.7. The first kappa shape index (κ1) is 28.4. The number of amides is 3. The van der Waals surface area contributed by atoms with Gasteiger partial charge in [0.15, 0.2) is 0 Å². The van der Waals surface area contributed by atoms with Crippen molar-refractivity contribution in [1.82, 2.24) is 10.2 Å². The first-order valence-electron chi connectivity index (χ1n) is 15.1. The predicted molar refractivity (Wildman–Crippen MR) is 155 cm³/mol. The van der Waals surface area contributed by atoms with Crippen LogP contribution in [0.3, 0.4) is 0 Å². The van der Waals surface area contributed by atoms with Gasteiger partial charge < -0.3 is 20.3 Å². The summed E-state index contributed by atoms with van der Waals surface area (Å²) >= 11 is 5.93. The molecule has 0 unspecified atom stereocenters. The van der Waals surface area contributed by atoms with E-state index >= 15 is 0 Å². The number of allylic oxidation sites excluding steroid dienone is 1. The van der Waals surface area contributed by atoms with E-state index in [0.29, 0.717) is 30.5 Å². The van der Waals surface area contributed by atoms with Gasteiger partial charge in [-0.25, -0.2) is 4.39 Å². The maximum absolute atomic E-state index is 14.2. The Kier molecular flexibility index (Phi) is 7.74. The van der Waals surface area contributed by atoms with Crippen molar-refractivity contribution >= 4 is 35.0 Å². The van der Waals surface area contributed by atoms with E-state index in [1.807, 2.05) is 12.2 Å². The monoisotopic (exact) mass is 583 g/mol. The van der Waals surface area contributed by atoms with Crippen LogP contribution in [0.15, 0.2) is 42.0 Å². The van der Waals surface area contributed by atoms with E-state index in [-0.39, 0.29) is 22.9 Å². The molecule has 3 heterocycles. The van der Waals surface area contributed by atoms with Crippen LogP contribution in [0.1, 0.15) is 65.2 Å². The van der Waals surface area contributed by atoms with Crippen LogP contribution in [0, 0.1) is 29.5 Å². The van der Waals surface area contributed by atoms with Crippen LogP contribution in [-0.2, 0) is 19.1 Å². The lowest BCUT2D eigenvalue weighted by atomic mass is 9.73. The number of benzene rings is 1. The summed E-state index contributed by atoms with van der Waals surface area (Å²) in [5.74, 6) is -2.24. The maximum atomic E-state index is 14.2.